The van der Waals surface area contributed by atoms with Gasteiger partial charge < -0.3 is 14.5 Å². The molecule has 0 aliphatic carbocycles. The lowest BCUT2D eigenvalue weighted by Crippen LogP contribution is -2.49. The van der Waals surface area contributed by atoms with Crippen LogP contribution in [0.2, 0.25) is 0 Å². The Hall–Kier alpha value is -4.20. The fourth-order valence-electron chi connectivity index (χ4n) is 4.20. The van der Waals surface area contributed by atoms with Crippen LogP contribution in [0.1, 0.15) is 17.4 Å². The number of hydrogen-bond donors (Lipinski definition) is 0. The zero-order valence-electron chi connectivity index (χ0n) is 18.9. The highest BCUT2D eigenvalue weighted by Crippen LogP contribution is 2.20. The van der Waals surface area contributed by atoms with Crippen LogP contribution in [0, 0.1) is 0 Å². The molecule has 2 aromatic heterocycles. The fourth-order valence-corrected chi connectivity index (χ4v) is 4.20. The van der Waals surface area contributed by atoms with Gasteiger partial charge in [-0.1, -0.05) is 24.3 Å². The minimum Gasteiger partial charge on any atom is -0.494 e. The lowest BCUT2D eigenvalue weighted by molar-refractivity contribution is 0.0741. The Morgan fingerprint density at radius 2 is 1.62 bits per heavy atom. The van der Waals surface area contributed by atoms with E-state index in [1.165, 1.54) is 4.68 Å². The van der Waals surface area contributed by atoms with Crippen LogP contribution in [0.15, 0.2) is 77.7 Å². The number of aromatic nitrogens is 3. The molecule has 8 heteroatoms. The van der Waals surface area contributed by atoms with Gasteiger partial charge in [-0.3, -0.25) is 9.59 Å². The second kappa shape index (κ2) is 9.35. The Kier molecular flexibility index (Phi) is 5.95. The molecule has 34 heavy (non-hydrogen) atoms. The standard InChI is InChI=1S/C26H25N5O3/c1-2-34-20-12-10-19(11-13-20)31-25(32)22-8-4-3-7-21(22)24(28-31)26(33)30-17-15-29(16-18-30)23-9-5-6-14-27-23/h3-14H,2,15-18H2,1H3. The molecule has 0 radical (unpaired) electrons. The van der Waals surface area contributed by atoms with E-state index in [1.54, 1.807) is 53.6 Å². The van der Waals surface area contributed by atoms with Gasteiger partial charge in [-0.25, -0.2) is 4.98 Å². The van der Waals surface area contributed by atoms with E-state index in [2.05, 4.69) is 15.0 Å². The number of benzene rings is 2. The average molecular weight is 456 g/mol. The topological polar surface area (TPSA) is 80.6 Å². The van der Waals surface area contributed by atoms with Crippen LogP contribution in [-0.4, -0.2) is 58.4 Å². The third-order valence-corrected chi connectivity index (χ3v) is 5.94. The summed E-state index contributed by atoms with van der Waals surface area (Å²) in [5.74, 6) is 1.43. The van der Waals surface area contributed by atoms with Crippen LogP contribution in [0.4, 0.5) is 5.82 Å². The number of carbonyl (C=O) groups excluding carboxylic acids is 1. The molecule has 1 aliphatic heterocycles. The van der Waals surface area contributed by atoms with Gasteiger partial charge >= 0.3 is 0 Å². The van der Waals surface area contributed by atoms with Crippen molar-refractivity contribution in [1.29, 1.82) is 0 Å². The molecule has 0 unspecified atom stereocenters. The molecule has 0 saturated carbocycles. The maximum atomic E-state index is 13.6. The zero-order valence-corrected chi connectivity index (χ0v) is 18.9. The molecule has 1 fully saturated rings. The number of nitrogens with zero attached hydrogens (tertiary/aromatic N) is 5. The van der Waals surface area contributed by atoms with E-state index < -0.39 is 0 Å². The first-order chi connectivity index (χ1) is 16.7. The number of piperazine rings is 1. The van der Waals surface area contributed by atoms with Crippen molar-refractivity contribution >= 4 is 22.5 Å². The summed E-state index contributed by atoms with van der Waals surface area (Å²) in [6.07, 6.45) is 1.77. The summed E-state index contributed by atoms with van der Waals surface area (Å²) >= 11 is 0. The SMILES string of the molecule is CCOc1ccc(-n2nc(C(=O)N3CCN(c4ccccn4)CC3)c3ccccc3c2=O)cc1. The minimum atomic E-state index is -0.267. The molecule has 2 aromatic carbocycles. The molecular weight excluding hydrogens is 430 g/mol. The van der Waals surface area contributed by atoms with Gasteiger partial charge in [0.2, 0.25) is 0 Å². The summed E-state index contributed by atoms with van der Waals surface area (Å²) < 4.78 is 6.80. The van der Waals surface area contributed by atoms with E-state index in [4.69, 9.17) is 4.74 Å². The van der Waals surface area contributed by atoms with E-state index in [0.29, 0.717) is 55.0 Å². The molecule has 1 saturated heterocycles. The first-order valence-electron chi connectivity index (χ1n) is 11.4. The molecule has 1 aliphatic rings. The highest BCUT2D eigenvalue weighted by molar-refractivity contribution is 6.05. The summed E-state index contributed by atoms with van der Waals surface area (Å²) in [5.41, 5.74) is 0.583. The predicted octanol–water partition coefficient (Wildman–Crippen LogP) is 3.14. The third-order valence-electron chi connectivity index (χ3n) is 5.94. The number of ether oxygens (including phenoxy) is 1. The van der Waals surface area contributed by atoms with Gasteiger partial charge in [-0.15, -0.1) is 0 Å². The highest BCUT2D eigenvalue weighted by Gasteiger charge is 2.26. The summed E-state index contributed by atoms with van der Waals surface area (Å²) in [5, 5.41) is 5.57. The number of anilines is 1. The van der Waals surface area contributed by atoms with Crippen molar-refractivity contribution in [3.05, 3.63) is 89.0 Å². The Morgan fingerprint density at radius 1 is 0.912 bits per heavy atom. The average Bonchev–Trinajstić information content (AvgIpc) is 2.90. The van der Waals surface area contributed by atoms with Crippen molar-refractivity contribution < 1.29 is 9.53 Å². The van der Waals surface area contributed by atoms with Crippen LogP contribution >= 0.6 is 0 Å². The molecule has 5 rings (SSSR count). The van der Waals surface area contributed by atoms with Crippen LogP contribution < -0.4 is 15.2 Å². The number of carbonyl (C=O) groups is 1. The van der Waals surface area contributed by atoms with E-state index >= 15 is 0 Å². The van der Waals surface area contributed by atoms with Gasteiger partial charge in [0.25, 0.3) is 11.5 Å². The van der Waals surface area contributed by atoms with Crippen molar-refractivity contribution in [3.8, 4) is 11.4 Å². The lowest BCUT2D eigenvalue weighted by atomic mass is 10.1. The summed E-state index contributed by atoms with van der Waals surface area (Å²) in [6, 6.07) is 20.1. The summed E-state index contributed by atoms with van der Waals surface area (Å²) in [4.78, 5) is 35.2. The van der Waals surface area contributed by atoms with Gasteiger partial charge in [0.15, 0.2) is 5.69 Å². The van der Waals surface area contributed by atoms with Gasteiger partial charge in [0.05, 0.1) is 17.7 Å². The second-order valence-electron chi connectivity index (χ2n) is 8.01. The molecule has 4 aromatic rings. The molecule has 3 heterocycles. The van der Waals surface area contributed by atoms with Crippen molar-refractivity contribution in [2.45, 2.75) is 6.92 Å². The minimum absolute atomic E-state index is 0.184. The van der Waals surface area contributed by atoms with Crippen LogP contribution in [-0.2, 0) is 0 Å². The van der Waals surface area contributed by atoms with E-state index in [-0.39, 0.29) is 17.2 Å². The first-order valence-corrected chi connectivity index (χ1v) is 11.4. The largest absolute Gasteiger partial charge is 0.494 e. The fraction of sp³-hybridized carbons (Fsp3) is 0.231. The van der Waals surface area contributed by atoms with Gasteiger partial charge in [-0.2, -0.15) is 9.78 Å². The normalized spacial score (nSPS) is 13.8. The monoisotopic (exact) mass is 455 g/mol. The van der Waals surface area contributed by atoms with Crippen molar-refractivity contribution in [1.82, 2.24) is 19.7 Å². The van der Waals surface area contributed by atoms with E-state index in [0.717, 1.165) is 5.82 Å². The highest BCUT2D eigenvalue weighted by atomic mass is 16.5. The third kappa shape index (κ3) is 4.10. The van der Waals surface area contributed by atoms with Gasteiger partial charge in [0.1, 0.15) is 11.6 Å². The van der Waals surface area contributed by atoms with E-state index in [1.807, 2.05) is 31.2 Å². The number of fused-ring (bicyclic) bond motifs is 1. The smallest absolute Gasteiger partial charge is 0.279 e. The lowest BCUT2D eigenvalue weighted by Gasteiger charge is -2.35. The Bertz CT molecular complexity index is 1360. The Labute approximate surface area is 197 Å². The maximum Gasteiger partial charge on any atom is 0.279 e. The molecule has 0 atom stereocenters. The van der Waals surface area contributed by atoms with Crippen LogP contribution in [0.25, 0.3) is 16.5 Å². The summed E-state index contributed by atoms with van der Waals surface area (Å²) in [6.45, 7) is 4.93. The number of pyridine rings is 1. The summed E-state index contributed by atoms with van der Waals surface area (Å²) in [7, 11) is 0. The molecule has 1 amide bonds. The molecule has 172 valence electrons. The number of hydrogen-bond acceptors (Lipinski definition) is 6. The van der Waals surface area contributed by atoms with Crippen LogP contribution in [0.3, 0.4) is 0 Å². The zero-order chi connectivity index (χ0) is 23.5. The van der Waals surface area contributed by atoms with Crippen molar-refractivity contribution in [2.24, 2.45) is 0 Å². The number of amides is 1. The molecule has 0 spiro atoms. The molecule has 0 bridgehead atoms. The van der Waals surface area contributed by atoms with Gasteiger partial charge in [0, 0.05) is 37.8 Å². The van der Waals surface area contributed by atoms with Crippen molar-refractivity contribution in [3.63, 3.8) is 0 Å². The van der Waals surface area contributed by atoms with Crippen LogP contribution in [0.5, 0.6) is 5.75 Å². The van der Waals surface area contributed by atoms with E-state index in [9.17, 15) is 9.59 Å². The molecular formula is C26H25N5O3. The predicted molar refractivity (Wildman–Crippen MR) is 131 cm³/mol. The Morgan fingerprint density at radius 3 is 2.29 bits per heavy atom. The molecule has 8 nitrogen and oxygen atoms in total. The van der Waals surface area contributed by atoms with Gasteiger partial charge in [-0.05, 0) is 49.4 Å². The number of rotatable bonds is 5. The first kappa shape index (κ1) is 21.6. The quantitative estimate of drug-likeness (QED) is 0.460. The van der Waals surface area contributed by atoms with Crippen molar-refractivity contribution in [2.75, 3.05) is 37.7 Å². The Balaban J connectivity index is 1.47. The maximum absolute atomic E-state index is 13.6. The molecule has 0 N–H and O–H groups in total. The second-order valence-corrected chi connectivity index (χ2v) is 8.01.